The van der Waals surface area contributed by atoms with Crippen molar-refractivity contribution in [3.63, 3.8) is 0 Å². The molecule has 1 aliphatic rings. The molecular formula is C15H22ClNO. The first-order valence-electron chi connectivity index (χ1n) is 6.84. The Hall–Kier alpha value is -0.730. The first-order chi connectivity index (χ1) is 8.70. The Labute approximate surface area is 115 Å². The Kier molecular flexibility index (Phi) is 4.90. The summed E-state index contributed by atoms with van der Waals surface area (Å²) in [7, 11) is 1.95. The van der Waals surface area contributed by atoms with Crippen LogP contribution in [0.3, 0.4) is 0 Å². The summed E-state index contributed by atoms with van der Waals surface area (Å²) in [5.41, 5.74) is 1.15. The van der Waals surface area contributed by atoms with Gasteiger partial charge < -0.3 is 10.1 Å². The topological polar surface area (TPSA) is 21.3 Å². The lowest BCUT2D eigenvalue weighted by Crippen LogP contribution is -2.21. The van der Waals surface area contributed by atoms with Gasteiger partial charge in [-0.1, -0.05) is 18.0 Å². The number of halogens is 1. The van der Waals surface area contributed by atoms with Crippen LogP contribution in [0.25, 0.3) is 0 Å². The molecule has 2 rings (SSSR count). The second-order valence-corrected chi connectivity index (χ2v) is 5.51. The van der Waals surface area contributed by atoms with Crippen LogP contribution in [0.1, 0.15) is 50.6 Å². The second-order valence-electron chi connectivity index (χ2n) is 5.07. The minimum atomic E-state index is 0.252. The van der Waals surface area contributed by atoms with Crippen molar-refractivity contribution in [1.82, 2.24) is 5.32 Å². The van der Waals surface area contributed by atoms with Crippen molar-refractivity contribution in [2.45, 2.75) is 51.2 Å². The van der Waals surface area contributed by atoms with E-state index >= 15 is 0 Å². The first-order valence-corrected chi connectivity index (χ1v) is 7.22. The average molecular weight is 268 g/mol. The molecule has 1 atom stereocenters. The normalized spacial score (nSPS) is 18.6. The number of hydrogen-bond donors (Lipinski definition) is 1. The van der Waals surface area contributed by atoms with Gasteiger partial charge in [-0.25, -0.2) is 0 Å². The van der Waals surface area contributed by atoms with Crippen molar-refractivity contribution in [2.75, 3.05) is 7.05 Å². The molecule has 2 nitrogen and oxygen atoms in total. The van der Waals surface area contributed by atoms with Crippen LogP contribution < -0.4 is 10.1 Å². The Bertz CT molecular complexity index is 388. The van der Waals surface area contributed by atoms with Crippen LogP contribution in [0.4, 0.5) is 0 Å². The minimum absolute atomic E-state index is 0.252. The van der Waals surface area contributed by atoms with Crippen LogP contribution in [-0.2, 0) is 0 Å². The molecule has 0 bridgehead atoms. The van der Waals surface area contributed by atoms with Crippen molar-refractivity contribution < 1.29 is 4.74 Å². The van der Waals surface area contributed by atoms with Gasteiger partial charge in [-0.15, -0.1) is 0 Å². The van der Waals surface area contributed by atoms with Gasteiger partial charge in [0.15, 0.2) is 0 Å². The molecule has 18 heavy (non-hydrogen) atoms. The van der Waals surface area contributed by atoms with Crippen LogP contribution in [0.5, 0.6) is 5.75 Å². The summed E-state index contributed by atoms with van der Waals surface area (Å²) in [4.78, 5) is 0. The van der Waals surface area contributed by atoms with E-state index in [9.17, 15) is 0 Å². The third-order valence-electron chi connectivity index (χ3n) is 3.72. The molecule has 0 aromatic heterocycles. The molecule has 0 heterocycles. The molecule has 1 aromatic rings. The summed E-state index contributed by atoms with van der Waals surface area (Å²) in [6.07, 6.45) is 6.65. The Balaban J connectivity index is 2.15. The number of benzene rings is 1. The van der Waals surface area contributed by atoms with Crippen molar-refractivity contribution >= 4 is 11.6 Å². The molecule has 1 saturated carbocycles. The highest BCUT2D eigenvalue weighted by Crippen LogP contribution is 2.31. The van der Waals surface area contributed by atoms with Gasteiger partial charge in [0.05, 0.1) is 6.10 Å². The maximum absolute atomic E-state index is 6.17. The van der Waals surface area contributed by atoms with Crippen molar-refractivity contribution in [3.8, 4) is 5.75 Å². The molecule has 1 unspecified atom stereocenters. The largest absolute Gasteiger partial charge is 0.490 e. The standard InChI is InChI=1S/C15H22ClNO/c1-11(17-2)14-10-12(16)8-9-15(14)18-13-6-4-3-5-7-13/h8-11,13,17H,3-7H2,1-2H3. The van der Waals surface area contributed by atoms with E-state index in [1.165, 1.54) is 32.1 Å². The molecule has 1 fully saturated rings. The molecule has 0 amide bonds. The molecule has 0 spiro atoms. The summed E-state index contributed by atoms with van der Waals surface area (Å²) in [6, 6.07) is 6.16. The molecular weight excluding hydrogens is 246 g/mol. The molecule has 0 radical (unpaired) electrons. The maximum atomic E-state index is 6.17. The van der Waals surface area contributed by atoms with Gasteiger partial charge in [0.1, 0.15) is 5.75 Å². The van der Waals surface area contributed by atoms with E-state index in [0.717, 1.165) is 16.3 Å². The number of ether oxygens (including phenoxy) is 1. The Morgan fingerprint density at radius 3 is 2.67 bits per heavy atom. The predicted molar refractivity (Wildman–Crippen MR) is 76.4 cm³/mol. The molecule has 1 aromatic carbocycles. The van der Waals surface area contributed by atoms with Gasteiger partial charge in [-0.3, -0.25) is 0 Å². The molecule has 0 saturated heterocycles. The Morgan fingerprint density at radius 2 is 2.00 bits per heavy atom. The highest BCUT2D eigenvalue weighted by Gasteiger charge is 2.18. The van der Waals surface area contributed by atoms with E-state index in [2.05, 4.69) is 12.2 Å². The smallest absolute Gasteiger partial charge is 0.124 e. The lowest BCUT2D eigenvalue weighted by atomic mass is 9.97. The van der Waals surface area contributed by atoms with Gasteiger partial charge in [0.25, 0.3) is 0 Å². The van der Waals surface area contributed by atoms with Gasteiger partial charge in [0, 0.05) is 16.6 Å². The SMILES string of the molecule is CNC(C)c1cc(Cl)ccc1OC1CCCCC1. The van der Waals surface area contributed by atoms with E-state index < -0.39 is 0 Å². The van der Waals surface area contributed by atoms with Crippen LogP contribution in [-0.4, -0.2) is 13.2 Å². The van der Waals surface area contributed by atoms with E-state index in [-0.39, 0.29) is 6.04 Å². The van der Waals surface area contributed by atoms with Gasteiger partial charge >= 0.3 is 0 Å². The van der Waals surface area contributed by atoms with E-state index in [0.29, 0.717) is 6.10 Å². The lowest BCUT2D eigenvalue weighted by Gasteiger charge is -2.25. The van der Waals surface area contributed by atoms with Crippen LogP contribution in [0.15, 0.2) is 18.2 Å². The summed E-state index contributed by atoms with van der Waals surface area (Å²) in [6.45, 7) is 2.12. The van der Waals surface area contributed by atoms with Gasteiger partial charge in [0.2, 0.25) is 0 Å². The highest BCUT2D eigenvalue weighted by atomic mass is 35.5. The zero-order valence-electron chi connectivity index (χ0n) is 11.2. The quantitative estimate of drug-likeness (QED) is 0.877. The lowest BCUT2D eigenvalue weighted by molar-refractivity contribution is 0.153. The molecule has 100 valence electrons. The molecule has 0 aliphatic heterocycles. The minimum Gasteiger partial charge on any atom is -0.490 e. The van der Waals surface area contributed by atoms with Crippen LogP contribution >= 0.6 is 11.6 Å². The fraction of sp³-hybridized carbons (Fsp3) is 0.600. The third-order valence-corrected chi connectivity index (χ3v) is 3.95. The second kappa shape index (κ2) is 6.44. The molecule has 3 heteroatoms. The van der Waals surface area contributed by atoms with Crippen LogP contribution in [0.2, 0.25) is 5.02 Å². The highest BCUT2D eigenvalue weighted by molar-refractivity contribution is 6.30. The fourth-order valence-electron chi connectivity index (χ4n) is 2.48. The van der Waals surface area contributed by atoms with Gasteiger partial charge in [-0.2, -0.15) is 0 Å². The summed E-state index contributed by atoms with van der Waals surface area (Å²) in [5, 5.41) is 4.01. The predicted octanol–water partition coefficient (Wildman–Crippen LogP) is 4.33. The van der Waals surface area contributed by atoms with Gasteiger partial charge in [-0.05, 0) is 57.9 Å². The van der Waals surface area contributed by atoms with E-state index in [4.69, 9.17) is 16.3 Å². The van der Waals surface area contributed by atoms with Crippen molar-refractivity contribution in [3.05, 3.63) is 28.8 Å². The number of nitrogens with one attached hydrogen (secondary N) is 1. The molecule has 1 aliphatic carbocycles. The zero-order valence-corrected chi connectivity index (χ0v) is 12.0. The average Bonchev–Trinajstić information content (AvgIpc) is 2.41. The zero-order chi connectivity index (χ0) is 13.0. The summed E-state index contributed by atoms with van der Waals surface area (Å²) in [5.74, 6) is 0.980. The Morgan fingerprint density at radius 1 is 1.28 bits per heavy atom. The first kappa shape index (κ1) is 13.7. The summed E-state index contributed by atoms with van der Waals surface area (Å²) < 4.78 is 6.17. The summed E-state index contributed by atoms with van der Waals surface area (Å²) >= 11 is 6.08. The monoisotopic (exact) mass is 267 g/mol. The maximum Gasteiger partial charge on any atom is 0.124 e. The van der Waals surface area contributed by atoms with E-state index in [1.54, 1.807) is 0 Å². The van der Waals surface area contributed by atoms with Crippen molar-refractivity contribution in [1.29, 1.82) is 0 Å². The van der Waals surface area contributed by atoms with Crippen LogP contribution in [0, 0.1) is 0 Å². The fourth-order valence-corrected chi connectivity index (χ4v) is 2.66. The molecule has 1 N–H and O–H groups in total. The van der Waals surface area contributed by atoms with Crippen molar-refractivity contribution in [2.24, 2.45) is 0 Å². The van der Waals surface area contributed by atoms with E-state index in [1.807, 2.05) is 25.2 Å². The number of rotatable bonds is 4. The third kappa shape index (κ3) is 3.39. The number of hydrogen-bond acceptors (Lipinski definition) is 2.